The molecular weight excluding hydrogens is 358 g/mol. The summed E-state index contributed by atoms with van der Waals surface area (Å²) in [5.41, 5.74) is 1.60. The lowest BCUT2D eigenvalue weighted by Gasteiger charge is -2.36. The highest BCUT2D eigenvalue weighted by Gasteiger charge is 2.59. The molecule has 0 bridgehead atoms. The molecule has 1 amide bonds. The number of likely N-dealkylation sites (tertiary alicyclic amines) is 1. The van der Waals surface area contributed by atoms with Crippen molar-refractivity contribution < 1.29 is 4.79 Å². The molecule has 1 aromatic rings. The smallest absolute Gasteiger partial charge is 0.226 e. The SMILES string of the molecule is CC(C)CN1CCC2(CC1)C[C@H]2C(=O)N1CCN(C/C=C/c2ccccc2)CC1. The van der Waals surface area contributed by atoms with E-state index < -0.39 is 0 Å². The van der Waals surface area contributed by atoms with Gasteiger partial charge >= 0.3 is 0 Å². The molecule has 2 aliphatic heterocycles. The van der Waals surface area contributed by atoms with E-state index in [2.05, 4.69) is 65.0 Å². The summed E-state index contributed by atoms with van der Waals surface area (Å²) in [7, 11) is 0. The van der Waals surface area contributed by atoms with Crippen molar-refractivity contribution in [1.82, 2.24) is 14.7 Å². The third-order valence-corrected chi connectivity index (χ3v) is 7.12. The van der Waals surface area contributed by atoms with Gasteiger partial charge in [0.15, 0.2) is 0 Å². The van der Waals surface area contributed by atoms with Crippen molar-refractivity contribution in [1.29, 1.82) is 0 Å². The molecule has 1 aliphatic carbocycles. The van der Waals surface area contributed by atoms with Crippen LogP contribution in [0.2, 0.25) is 0 Å². The van der Waals surface area contributed by atoms with E-state index in [1.54, 1.807) is 0 Å². The number of piperazine rings is 1. The van der Waals surface area contributed by atoms with E-state index in [-0.39, 0.29) is 0 Å². The normalized spacial score (nSPS) is 25.2. The average Bonchev–Trinajstić information content (AvgIpc) is 3.44. The van der Waals surface area contributed by atoms with Gasteiger partial charge in [-0.05, 0) is 49.2 Å². The monoisotopic (exact) mass is 395 g/mol. The highest BCUT2D eigenvalue weighted by atomic mass is 16.2. The molecule has 2 heterocycles. The van der Waals surface area contributed by atoms with Crippen molar-refractivity contribution >= 4 is 12.0 Å². The molecule has 1 saturated carbocycles. The number of rotatable bonds is 6. The molecule has 1 aromatic carbocycles. The third-order valence-electron chi connectivity index (χ3n) is 7.12. The van der Waals surface area contributed by atoms with Crippen molar-refractivity contribution in [3.8, 4) is 0 Å². The Morgan fingerprint density at radius 3 is 2.38 bits per heavy atom. The summed E-state index contributed by atoms with van der Waals surface area (Å²) < 4.78 is 0. The first-order valence-electron chi connectivity index (χ1n) is 11.5. The number of amides is 1. The number of nitrogens with zero attached hydrogens (tertiary/aromatic N) is 3. The first kappa shape index (κ1) is 20.6. The van der Waals surface area contributed by atoms with E-state index >= 15 is 0 Å². The molecule has 3 fully saturated rings. The van der Waals surface area contributed by atoms with Gasteiger partial charge in [0.25, 0.3) is 0 Å². The van der Waals surface area contributed by atoms with Crippen LogP contribution in [0, 0.1) is 17.3 Å². The maximum Gasteiger partial charge on any atom is 0.226 e. The van der Waals surface area contributed by atoms with Crippen LogP contribution in [0.4, 0.5) is 0 Å². The van der Waals surface area contributed by atoms with Crippen LogP contribution in [0.25, 0.3) is 6.08 Å². The topological polar surface area (TPSA) is 26.8 Å². The van der Waals surface area contributed by atoms with Gasteiger partial charge in [0.1, 0.15) is 0 Å². The Balaban J connectivity index is 1.19. The maximum absolute atomic E-state index is 13.1. The number of hydrogen-bond acceptors (Lipinski definition) is 3. The van der Waals surface area contributed by atoms with Crippen LogP contribution >= 0.6 is 0 Å². The molecule has 0 aromatic heterocycles. The van der Waals surface area contributed by atoms with Gasteiger partial charge in [0.2, 0.25) is 5.91 Å². The minimum absolute atomic E-state index is 0.313. The van der Waals surface area contributed by atoms with Gasteiger partial charge in [-0.2, -0.15) is 0 Å². The van der Waals surface area contributed by atoms with Gasteiger partial charge in [-0.3, -0.25) is 9.69 Å². The molecular formula is C25H37N3O. The predicted octanol–water partition coefficient (Wildman–Crippen LogP) is 3.60. The number of hydrogen-bond donors (Lipinski definition) is 0. The van der Waals surface area contributed by atoms with E-state index in [9.17, 15) is 4.79 Å². The van der Waals surface area contributed by atoms with Gasteiger partial charge in [-0.1, -0.05) is 56.3 Å². The fraction of sp³-hybridized carbons (Fsp3) is 0.640. The molecule has 0 N–H and O–H groups in total. The van der Waals surface area contributed by atoms with E-state index in [0.29, 0.717) is 17.2 Å². The van der Waals surface area contributed by atoms with Crippen LogP contribution in [-0.4, -0.2) is 73.0 Å². The number of piperidine rings is 1. The third kappa shape index (κ3) is 5.10. The molecule has 4 nitrogen and oxygen atoms in total. The van der Waals surface area contributed by atoms with Crippen LogP contribution in [0.5, 0.6) is 0 Å². The second-order valence-corrected chi connectivity index (χ2v) is 9.75. The van der Waals surface area contributed by atoms with Crippen molar-refractivity contribution in [3.05, 3.63) is 42.0 Å². The maximum atomic E-state index is 13.1. The summed E-state index contributed by atoms with van der Waals surface area (Å²) in [4.78, 5) is 20.3. The fourth-order valence-corrected chi connectivity index (χ4v) is 5.22. The van der Waals surface area contributed by atoms with Gasteiger partial charge in [0.05, 0.1) is 0 Å². The minimum atomic E-state index is 0.313. The summed E-state index contributed by atoms with van der Waals surface area (Å²) in [6.45, 7) is 12.9. The molecule has 0 unspecified atom stereocenters. The first-order chi connectivity index (χ1) is 14.1. The zero-order valence-electron chi connectivity index (χ0n) is 18.2. The molecule has 1 spiro atoms. The Labute approximate surface area is 176 Å². The quantitative estimate of drug-likeness (QED) is 0.736. The summed E-state index contributed by atoms with van der Waals surface area (Å²) >= 11 is 0. The predicted molar refractivity (Wildman–Crippen MR) is 120 cm³/mol. The van der Waals surface area contributed by atoms with E-state index in [4.69, 9.17) is 0 Å². The van der Waals surface area contributed by atoms with Crippen LogP contribution in [0.15, 0.2) is 36.4 Å². The van der Waals surface area contributed by atoms with Gasteiger partial charge < -0.3 is 9.80 Å². The van der Waals surface area contributed by atoms with Gasteiger partial charge in [-0.15, -0.1) is 0 Å². The molecule has 158 valence electrons. The fourth-order valence-electron chi connectivity index (χ4n) is 5.22. The molecule has 3 aliphatic rings. The largest absolute Gasteiger partial charge is 0.340 e. The van der Waals surface area contributed by atoms with E-state index in [0.717, 1.165) is 45.1 Å². The van der Waals surface area contributed by atoms with Crippen LogP contribution in [0.3, 0.4) is 0 Å². The Morgan fingerprint density at radius 1 is 1.03 bits per heavy atom. The standard InChI is InChI=1S/C25H37N3O/c1-21(2)20-27-13-10-25(11-14-27)19-23(25)24(29)28-17-15-26(16-18-28)12-6-9-22-7-4-3-5-8-22/h3-9,21,23H,10-20H2,1-2H3/b9-6+/t23-/m0/s1. The Kier molecular flexibility index (Phi) is 6.41. The second kappa shape index (κ2) is 9.01. The Bertz CT molecular complexity index is 698. The van der Waals surface area contributed by atoms with Gasteiger partial charge in [-0.25, -0.2) is 0 Å². The highest BCUT2D eigenvalue weighted by molar-refractivity contribution is 5.83. The van der Waals surface area contributed by atoms with Gasteiger partial charge in [0, 0.05) is 45.2 Å². The van der Waals surface area contributed by atoms with Crippen molar-refractivity contribution in [2.24, 2.45) is 17.3 Å². The molecule has 4 heteroatoms. The zero-order valence-corrected chi connectivity index (χ0v) is 18.2. The van der Waals surface area contributed by atoms with Crippen LogP contribution in [0.1, 0.15) is 38.7 Å². The Morgan fingerprint density at radius 2 is 1.72 bits per heavy atom. The molecule has 29 heavy (non-hydrogen) atoms. The van der Waals surface area contributed by atoms with E-state index in [1.807, 2.05) is 6.07 Å². The molecule has 4 rings (SSSR count). The summed E-state index contributed by atoms with van der Waals surface area (Å²) in [6, 6.07) is 10.5. The summed E-state index contributed by atoms with van der Waals surface area (Å²) in [5.74, 6) is 1.49. The number of carbonyl (C=O) groups is 1. The first-order valence-corrected chi connectivity index (χ1v) is 11.5. The van der Waals surface area contributed by atoms with Crippen LogP contribution < -0.4 is 0 Å². The molecule has 0 radical (unpaired) electrons. The summed E-state index contributed by atoms with van der Waals surface area (Å²) in [6.07, 6.45) is 8.02. The number of benzene rings is 1. The van der Waals surface area contributed by atoms with Crippen molar-refractivity contribution in [2.45, 2.75) is 33.1 Å². The Hall–Kier alpha value is -1.65. The van der Waals surface area contributed by atoms with Crippen LogP contribution in [-0.2, 0) is 4.79 Å². The molecule has 1 atom stereocenters. The molecule has 2 saturated heterocycles. The minimum Gasteiger partial charge on any atom is -0.340 e. The summed E-state index contributed by atoms with van der Waals surface area (Å²) in [5, 5.41) is 0. The lowest BCUT2D eigenvalue weighted by atomic mass is 9.90. The average molecular weight is 396 g/mol. The lowest BCUT2D eigenvalue weighted by molar-refractivity contribution is -0.135. The lowest BCUT2D eigenvalue weighted by Crippen LogP contribution is -2.49. The van der Waals surface area contributed by atoms with Crippen molar-refractivity contribution in [2.75, 3.05) is 52.4 Å². The van der Waals surface area contributed by atoms with Crippen molar-refractivity contribution in [3.63, 3.8) is 0 Å². The zero-order chi connectivity index (χ0) is 20.3. The van der Waals surface area contributed by atoms with E-state index in [1.165, 1.54) is 38.0 Å². The highest BCUT2D eigenvalue weighted by Crippen LogP contribution is 2.60. The number of carbonyl (C=O) groups excluding carboxylic acids is 1. The second-order valence-electron chi connectivity index (χ2n) is 9.75.